The quantitative estimate of drug-likeness (QED) is 0.572. The standard InChI is InChI=1S/C14H32N6/c15-1-3-17-5-9-19(10-6-17)13-14-20-11-7-18(4-2-16)8-12-20/h1-16H2. The van der Waals surface area contributed by atoms with Gasteiger partial charge in [0.25, 0.3) is 0 Å². The van der Waals surface area contributed by atoms with Crippen LogP contribution < -0.4 is 11.5 Å². The highest BCUT2D eigenvalue weighted by atomic mass is 15.3. The van der Waals surface area contributed by atoms with Crippen molar-refractivity contribution in [3.8, 4) is 0 Å². The molecule has 0 saturated carbocycles. The number of piperazine rings is 2. The van der Waals surface area contributed by atoms with E-state index in [9.17, 15) is 0 Å². The first-order valence-electron chi connectivity index (χ1n) is 8.11. The smallest absolute Gasteiger partial charge is 0.0110 e. The minimum atomic E-state index is 0.785. The summed E-state index contributed by atoms with van der Waals surface area (Å²) < 4.78 is 0. The maximum Gasteiger partial charge on any atom is 0.0110 e. The number of nitrogens with two attached hydrogens (primary N) is 2. The van der Waals surface area contributed by atoms with Crippen molar-refractivity contribution in [3.05, 3.63) is 0 Å². The molecule has 0 amide bonds. The lowest BCUT2D eigenvalue weighted by Gasteiger charge is -2.38. The fourth-order valence-electron chi connectivity index (χ4n) is 3.12. The van der Waals surface area contributed by atoms with Gasteiger partial charge < -0.3 is 11.5 Å². The van der Waals surface area contributed by atoms with E-state index in [4.69, 9.17) is 11.5 Å². The van der Waals surface area contributed by atoms with Gasteiger partial charge in [0.15, 0.2) is 0 Å². The molecule has 0 atom stereocenters. The molecule has 2 aliphatic rings. The third kappa shape index (κ3) is 5.27. The number of hydrogen-bond acceptors (Lipinski definition) is 6. The van der Waals surface area contributed by atoms with Crippen LogP contribution >= 0.6 is 0 Å². The lowest BCUT2D eigenvalue weighted by molar-refractivity contribution is 0.0966. The van der Waals surface area contributed by atoms with Gasteiger partial charge in [0.1, 0.15) is 0 Å². The predicted octanol–water partition coefficient (Wildman–Crippen LogP) is -1.86. The van der Waals surface area contributed by atoms with Gasteiger partial charge in [-0.15, -0.1) is 0 Å². The third-order valence-corrected chi connectivity index (χ3v) is 4.55. The second-order valence-electron chi connectivity index (χ2n) is 5.94. The molecule has 118 valence electrons. The van der Waals surface area contributed by atoms with Crippen molar-refractivity contribution in [2.24, 2.45) is 11.5 Å². The molecule has 2 saturated heterocycles. The molecule has 6 nitrogen and oxygen atoms in total. The number of rotatable bonds is 7. The summed E-state index contributed by atoms with van der Waals surface area (Å²) in [5.74, 6) is 0. The highest BCUT2D eigenvalue weighted by Crippen LogP contribution is 2.04. The summed E-state index contributed by atoms with van der Waals surface area (Å²) >= 11 is 0. The van der Waals surface area contributed by atoms with Gasteiger partial charge in [-0.1, -0.05) is 0 Å². The molecule has 0 radical (unpaired) electrons. The van der Waals surface area contributed by atoms with E-state index in [1.807, 2.05) is 0 Å². The van der Waals surface area contributed by atoms with E-state index in [0.717, 1.165) is 26.2 Å². The second-order valence-corrected chi connectivity index (χ2v) is 5.94. The lowest BCUT2D eigenvalue weighted by atomic mass is 10.2. The Hall–Kier alpha value is -0.240. The molecule has 0 aromatic carbocycles. The van der Waals surface area contributed by atoms with E-state index in [1.54, 1.807) is 0 Å². The molecule has 0 unspecified atom stereocenters. The Balaban J connectivity index is 1.55. The van der Waals surface area contributed by atoms with Crippen LogP contribution in [0.4, 0.5) is 0 Å². The van der Waals surface area contributed by atoms with Crippen molar-refractivity contribution < 1.29 is 0 Å². The highest BCUT2D eigenvalue weighted by molar-refractivity contribution is 4.76. The summed E-state index contributed by atoms with van der Waals surface area (Å²) in [4.78, 5) is 10.1. The van der Waals surface area contributed by atoms with E-state index in [0.29, 0.717) is 0 Å². The van der Waals surface area contributed by atoms with E-state index in [2.05, 4.69) is 19.6 Å². The summed E-state index contributed by atoms with van der Waals surface area (Å²) in [6, 6.07) is 0. The predicted molar refractivity (Wildman–Crippen MR) is 83.9 cm³/mol. The van der Waals surface area contributed by atoms with E-state index in [-0.39, 0.29) is 0 Å². The molecule has 0 aromatic rings. The van der Waals surface area contributed by atoms with Crippen molar-refractivity contribution in [2.45, 2.75) is 0 Å². The van der Waals surface area contributed by atoms with Gasteiger partial charge in [-0.05, 0) is 0 Å². The van der Waals surface area contributed by atoms with Gasteiger partial charge in [0.2, 0.25) is 0 Å². The Labute approximate surface area is 123 Å². The van der Waals surface area contributed by atoms with Gasteiger partial charge in [-0.2, -0.15) is 0 Å². The first-order valence-corrected chi connectivity index (χ1v) is 8.11. The van der Waals surface area contributed by atoms with Gasteiger partial charge >= 0.3 is 0 Å². The van der Waals surface area contributed by atoms with Crippen molar-refractivity contribution >= 4 is 0 Å². The fraction of sp³-hybridized carbons (Fsp3) is 1.00. The molecule has 6 heteroatoms. The summed E-state index contributed by atoms with van der Waals surface area (Å²) in [5, 5.41) is 0. The number of hydrogen-bond donors (Lipinski definition) is 2. The van der Waals surface area contributed by atoms with Crippen LogP contribution in [0.2, 0.25) is 0 Å². The Kier molecular flexibility index (Phi) is 7.19. The van der Waals surface area contributed by atoms with Gasteiger partial charge in [0.05, 0.1) is 0 Å². The monoisotopic (exact) mass is 284 g/mol. The largest absolute Gasteiger partial charge is 0.329 e. The Morgan fingerprint density at radius 2 is 0.700 bits per heavy atom. The molecule has 0 spiro atoms. The van der Waals surface area contributed by atoms with Crippen LogP contribution in [0.1, 0.15) is 0 Å². The van der Waals surface area contributed by atoms with Crippen molar-refractivity contribution in [2.75, 3.05) is 91.6 Å². The first-order chi connectivity index (χ1) is 9.81. The fourth-order valence-corrected chi connectivity index (χ4v) is 3.12. The molecule has 4 N–H and O–H groups in total. The highest BCUT2D eigenvalue weighted by Gasteiger charge is 2.19. The van der Waals surface area contributed by atoms with Gasteiger partial charge in [-0.3, -0.25) is 19.6 Å². The Morgan fingerprint density at radius 3 is 0.950 bits per heavy atom. The topological polar surface area (TPSA) is 65.0 Å². The SMILES string of the molecule is NCCN1CCN(CCN2CCN(CCN)CC2)CC1. The average Bonchev–Trinajstić information content (AvgIpc) is 2.49. The maximum absolute atomic E-state index is 5.61. The Morgan fingerprint density at radius 1 is 0.450 bits per heavy atom. The molecular formula is C14H32N6. The Bertz CT molecular complexity index is 220. The zero-order chi connectivity index (χ0) is 14.2. The third-order valence-electron chi connectivity index (χ3n) is 4.55. The molecule has 0 bridgehead atoms. The minimum absolute atomic E-state index is 0.785. The van der Waals surface area contributed by atoms with Crippen LogP contribution in [0.5, 0.6) is 0 Å². The summed E-state index contributed by atoms with van der Waals surface area (Å²) in [6.45, 7) is 15.6. The van der Waals surface area contributed by atoms with Crippen LogP contribution in [0.3, 0.4) is 0 Å². The molecule has 2 rings (SSSR count). The first kappa shape index (κ1) is 16.1. The van der Waals surface area contributed by atoms with Crippen molar-refractivity contribution in [3.63, 3.8) is 0 Å². The average molecular weight is 284 g/mol. The molecule has 0 aliphatic carbocycles. The van der Waals surface area contributed by atoms with E-state index >= 15 is 0 Å². The zero-order valence-corrected chi connectivity index (χ0v) is 12.8. The summed E-state index contributed by atoms with van der Waals surface area (Å²) in [7, 11) is 0. The van der Waals surface area contributed by atoms with Crippen molar-refractivity contribution in [1.82, 2.24) is 19.6 Å². The van der Waals surface area contributed by atoms with Crippen LogP contribution in [-0.2, 0) is 0 Å². The molecule has 20 heavy (non-hydrogen) atoms. The van der Waals surface area contributed by atoms with E-state index in [1.165, 1.54) is 65.4 Å². The van der Waals surface area contributed by atoms with Gasteiger partial charge in [0, 0.05) is 91.6 Å². The van der Waals surface area contributed by atoms with Crippen LogP contribution in [0.15, 0.2) is 0 Å². The normalized spacial score (nSPS) is 24.3. The van der Waals surface area contributed by atoms with Crippen molar-refractivity contribution in [1.29, 1.82) is 0 Å². The second kappa shape index (κ2) is 8.92. The molecule has 2 aliphatic heterocycles. The molecule has 2 fully saturated rings. The summed E-state index contributed by atoms with van der Waals surface area (Å²) in [6.07, 6.45) is 0. The minimum Gasteiger partial charge on any atom is -0.329 e. The van der Waals surface area contributed by atoms with Crippen LogP contribution in [0, 0.1) is 0 Å². The number of nitrogens with zero attached hydrogens (tertiary/aromatic N) is 4. The molecule has 2 heterocycles. The lowest BCUT2D eigenvalue weighted by Crippen LogP contribution is -2.52. The van der Waals surface area contributed by atoms with E-state index < -0.39 is 0 Å². The summed E-state index contributed by atoms with van der Waals surface area (Å²) in [5.41, 5.74) is 11.2. The molecule has 0 aromatic heterocycles. The van der Waals surface area contributed by atoms with Crippen LogP contribution in [-0.4, -0.2) is 111 Å². The zero-order valence-electron chi connectivity index (χ0n) is 12.8. The van der Waals surface area contributed by atoms with Gasteiger partial charge in [-0.25, -0.2) is 0 Å². The molecular weight excluding hydrogens is 252 g/mol. The van der Waals surface area contributed by atoms with Crippen LogP contribution in [0.25, 0.3) is 0 Å². The maximum atomic E-state index is 5.61.